The van der Waals surface area contributed by atoms with Crippen LogP contribution in [0.2, 0.25) is 0 Å². The average molecular weight is 589 g/mol. The third-order valence-electron chi connectivity index (χ3n) is 7.24. The number of aryl methyl sites for hydroxylation is 1. The summed E-state index contributed by atoms with van der Waals surface area (Å²) >= 11 is 0. The number of Topliss-reactive ketones (excluding diaryl/α,β-unsaturated/α-hetero) is 1. The molecule has 0 radical (unpaired) electrons. The van der Waals surface area contributed by atoms with Crippen molar-refractivity contribution in [3.05, 3.63) is 95.4 Å². The van der Waals surface area contributed by atoms with Crippen LogP contribution in [0.15, 0.2) is 88.3 Å². The number of benzene rings is 1. The molecule has 0 unspecified atom stereocenters. The van der Waals surface area contributed by atoms with E-state index >= 15 is 0 Å². The molecule has 2 aromatic heterocycles. The van der Waals surface area contributed by atoms with Crippen LogP contribution < -0.4 is 5.73 Å². The van der Waals surface area contributed by atoms with Crippen molar-refractivity contribution < 1.29 is 30.8 Å². The molecule has 9 nitrogen and oxygen atoms in total. The van der Waals surface area contributed by atoms with Crippen LogP contribution in [0.25, 0.3) is 0 Å². The molecule has 3 aromatic rings. The highest BCUT2D eigenvalue weighted by atomic mass is 32.2. The second kappa shape index (κ2) is 10.3. The Bertz CT molecular complexity index is 1710. The van der Waals surface area contributed by atoms with Crippen molar-refractivity contribution in [1.82, 2.24) is 19.1 Å². The van der Waals surface area contributed by atoms with E-state index in [1.165, 1.54) is 54.5 Å². The molecule has 14 heteroatoms. The zero-order valence-corrected chi connectivity index (χ0v) is 22.5. The van der Waals surface area contributed by atoms with E-state index in [9.17, 15) is 30.8 Å². The summed E-state index contributed by atoms with van der Waals surface area (Å²) in [7, 11) is -2.68. The van der Waals surface area contributed by atoms with Gasteiger partial charge >= 0.3 is 6.18 Å². The Morgan fingerprint density at radius 3 is 2.51 bits per heavy atom. The van der Waals surface area contributed by atoms with Gasteiger partial charge in [0.1, 0.15) is 11.5 Å². The summed E-state index contributed by atoms with van der Waals surface area (Å²) < 4.78 is 83.4. The van der Waals surface area contributed by atoms with Crippen LogP contribution >= 0.6 is 0 Å². The highest BCUT2D eigenvalue weighted by Gasteiger charge is 2.52. The van der Waals surface area contributed by atoms with Gasteiger partial charge in [-0.2, -0.15) is 22.6 Å². The van der Waals surface area contributed by atoms with Crippen molar-refractivity contribution in [2.45, 2.75) is 24.0 Å². The average Bonchev–Trinajstić information content (AvgIpc) is 3.39. The SMILES string of the molecule is Cn1nccc1S(=O)(=O)N1CCC2=CC(=Nc3ccc(F)cc3)/C(=C\N)C[C@]2(C(=O)c2cc(C(F)(F)F)ccn2)C1. The van der Waals surface area contributed by atoms with Gasteiger partial charge in [-0.1, -0.05) is 5.57 Å². The van der Waals surface area contributed by atoms with E-state index in [1.807, 2.05) is 0 Å². The molecular weight excluding hydrogens is 564 g/mol. The number of alkyl halides is 3. The number of aromatic nitrogens is 3. The molecule has 0 spiro atoms. The maximum absolute atomic E-state index is 14.2. The number of rotatable bonds is 5. The van der Waals surface area contributed by atoms with Crippen molar-refractivity contribution >= 4 is 27.2 Å². The van der Waals surface area contributed by atoms with Gasteiger partial charge in [-0.15, -0.1) is 0 Å². The molecule has 1 saturated heterocycles. The van der Waals surface area contributed by atoms with Gasteiger partial charge in [0, 0.05) is 26.3 Å². The number of carbonyl (C=O) groups excluding carboxylic acids is 1. The second-order valence-electron chi connectivity index (χ2n) is 9.73. The normalized spacial score (nSPS) is 22.0. The predicted molar refractivity (Wildman–Crippen MR) is 141 cm³/mol. The van der Waals surface area contributed by atoms with Gasteiger partial charge in [0.2, 0.25) is 0 Å². The number of carbonyl (C=O) groups is 1. The summed E-state index contributed by atoms with van der Waals surface area (Å²) in [4.78, 5) is 22.6. The smallest absolute Gasteiger partial charge is 0.404 e. The first-order valence-corrected chi connectivity index (χ1v) is 13.8. The Hall–Kier alpha value is -4.17. The van der Waals surface area contributed by atoms with Crippen molar-refractivity contribution in [2.75, 3.05) is 13.1 Å². The molecule has 0 bridgehead atoms. The molecule has 2 aliphatic rings. The summed E-state index contributed by atoms with van der Waals surface area (Å²) in [5.74, 6) is -1.23. The zero-order valence-electron chi connectivity index (χ0n) is 21.6. The highest BCUT2D eigenvalue weighted by molar-refractivity contribution is 7.89. The molecule has 214 valence electrons. The van der Waals surface area contributed by atoms with Crippen LogP contribution in [-0.4, -0.2) is 52.1 Å². The van der Waals surface area contributed by atoms with Crippen molar-refractivity contribution in [3.63, 3.8) is 0 Å². The lowest BCUT2D eigenvalue weighted by Gasteiger charge is -2.45. The van der Waals surface area contributed by atoms with E-state index < -0.39 is 44.5 Å². The summed E-state index contributed by atoms with van der Waals surface area (Å²) in [6.45, 7) is -0.375. The molecule has 3 heterocycles. The Kier molecular flexibility index (Phi) is 7.15. The number of fused-ring (bicyclic) bond motifs is 1. The standard InChI is InChI=1S/C27H24F4N6O3S/c1-36-24(7-10-34-36)41(39,40)37-11-8-18-12-22(35-21-4-2-20(28)3-5-21)17(15-32)14-26(18,16-37)25(38)23-13-19(6-9-33-23)27(29,30)31/h2-7,9-10,12-13,15H,8,11,14,16,32H2,1H3/b17-15-,35-22?/t26-/m0/s1. The van der Waals surface area contributed by atoms with E-state index in [-0.39, 0.29) is 31.0 Å². The lowest BCUT2D eigenvalue weighted by atomic mass is 9.64. The number of sulfonamides is 1. The van der Waals surface area contributed by atoms with E-state index in [2.05, 4.69) is 15.1 Å². The molecule has 41 heavy (non-hydrogen) atoms. The van der Waals surface area contributed by atoms with Crippen LogP contribution in [0.3, 0.4) is 0 Å². The number of halogens is 4. The summed E-state index contributed by atoms with van der Waals surface area (Å²) in [6.07, 6.45) is 0.256. The van der Waals surface area contributed by atoms with Crippen LogP contribution in [0.4, 0.5) is 23.2 Å². The monoisotopic (exact) mass is 588 g/mol. The van der Waals surface area contributed by atoms with Gasteiger partial charge in [0.25, 0.3) is 10.0 Å². The maximum Gasteiger partial charge on any atom is 0.416 e. The lowest BCUT2D eigenvalue weighted by molar-refractivity contribution is -0.137. The fourth-order valence-corrected chi connectivity index (χ4v) is 6.75. The molecule has 0 amide bonds. The summed E-state index contributed by atoms with van der Waals surface area (Å²) in [5.41, 5.74) is 4.42. The fraction of sp³-hybridized carbons (Fsp3) is 0.259. The molecule has 1 fully saturated rings. The molecule has 1 aliphatic heterocycles. The number of aliphatic imine (C=N–C) groups is 1. The topological polar surface area (TPSA) is 124 Å². The van der Waals surface area contributed by atoms with Gasteiger partial charge in [0.05, 0.1) is 28.6 Å². The lowest BCUT2D eigenvalue weighted by Crippen LogP contribution is -2.53. The fourth-order valence-electron chi connectivity index (χ4n) is 5.15. The van der Waals surface area contributed by atoms with Crippen LogP contribution in [-0.2, 0) is 23.2 Å². The molecule has 1 atom stereocenters. The first kappa shape index (κ1) is 28.4. The summed E-state index contributed by atoms with van der Waals surface area (Å²) in [6, 6.07) is 8.12. The van der Waals surface area contributed by atoms with Gasteiger partial charge in [-0.3, -0.25) is 14.5 Å². The number of hydrogen-bond acceptors (Lipinski definition) is 7. The minimum absolute atomic E-state index is 0.00407. The number of hydrogen-bond donors (Lipinski definition) is 1. The van der Waals surface area contributed by atoms with E-state index in [0.29, 0.717) is 28.6 Å². The third-order valence-corrected chi connectivity index (χ3v) is 9.16. The summed E-state index contributed by atoms with van der Waals surface area (Å²) in [5, 5.41) is 3.82. The Balaban J connectivity index is 1.65. The van der Waals surface area contributed by atoms with Gasteiger partial charge in [-0.25, -0.2) is 17.8 Å². The Morgan fingerprint density at radius 2 is 1.88 bits per heavy atom. The van der Waals surface area contributed by atoms with Gasteiger partial charge < -0.3 is 5.73 Å². The first-order chi connectivity index (χ1) is 19.3. The number of pyridine rings is 1. The molecule has 1 aliphatic carbocycles. The minimum Gasteiger partial charge on any atom is -0.404 e. The highest BCUT2D eigenvalue weighted by Crippen LogP contribution is 2.48. The number of nitrogens with zero attached hydrogens (tertiary/aromatic N) is 5. The maximum atomic E-state index is 14.2. The van der Waals surface area contributed by atoms with Crippen molar-refractivity contribution in [1.29, 1.82) is 0 Å². The second-order valence-corrected chi connectivity index (χ2v) is 11.6. The molecule has 2 N–H and O–H groups in total. The first-order valence-electron chi connectivity index (χ1n) is 12.4. The Morgan fingerprint density at radius 1 is 1.15 bits per heavy atom. The number of piperidine rings is 1. The number of allylic oxidation sites excluding steroid dienone is 2. The van der Waals surface area contributed by atoms with Crippen LogP contribution in [0.5, 0.6) is 0 Å². The van der Waals surface area contributed by atoms with Crippen molar-refractivity contribution in [3.8, 4) is 0 Å². The van der Waals surface area contributed by atoms with E-state index in [1.54, 1.807) is 6.08 Å². The largest absolute Gasteiger partial charge is 0.416 e. The van der Waals surface area contributed by atoms with Crippen LogP contribution in [0.1, 0.15) is 28.9 Å². The number of ketones is 1. The predicted octanol–water partition coefficient (Wildman–Crippen LogP) is 4.18. The molecule has 0 saturated carbocycles. The molecular formula is C27H24F4N6O3S. The van der Waals surface area contributed by atoms with Gasteiger partial charge in [0.15, 0.2) is 10.8 Å². The van der Waals surface area contributed by atoms with Crippen molar-refractivity contribution in [2.24, 2.45) is 23.2 Å². The van der Waals surface area contributed by atoms with E-state index in [4.69, 9.17) is 5.73 Å². The number of nitrogens with two attached hydrogens (primary N) is 1. The van der Waals surface area contributed by atoms with E-state index in [0.717, 1.165) is 16.6 Å². The third kappa shape index (κ3) is 5.20. The zero-order chi connectivity index (χ0) is 29.6. The Labute approximate surface area is 232 Å². The van der Waals surface area contributed by atoms with Gasteiger partial charge in [-0.05, 0) is 73.2 Å². The molecule has 1 aromatic carbocycles. The quantitative estimate of drug-likeness (QED) is 0.352. The van der Waals surface area contributed by atoms with Crippen LogP contribution in [0, 0.1) is 11.2 Å². The molecule has 5 rings (SSSR count). The minimum atomic E-state index is -4.72.